The highest BCUT2D eigenvalue weighted by molar-refractivity contribution is 7.80. The number of ether oxygens (including phenoxy) is 2. The topological polar surface area (TPSA) is 30.8 Å². The van der Waals surface area contributed by atoms with Gasteiger partial charge in [-0.05, 0) is 91.8 Å². The fourth-order valence-corrected chi connectivity index (χ4v) is 8.59. The SMILES string of the molecule is COc1cccc(C)c1P(c1ccccc1N=Cc1c(C(C)C)cccc1C(C)C)c1c(C)cccc1Oc1ccccc1. The Hall–Kier alpha value is -4.20. The lowest BCUT2D eigenvalue weighted by Crippen LogP contribution is -2.26. The Kier molecular flexibility index (Phi) is 9.98. The molecule has 0 aliphatic heterocycles. The second kappa shape index (κ2) is 14.1. The van der Waals surface area contributed by atoms with Crippen LogP contribution in [-0.2, 0) is 0 Å². The van der Waals surface area contributed by atoms with E-state index in [0.717, 1.165) is 33.5 Å². The lowest BCUT2D eigenvalue weighted by Gasteiger charge is -2.27. The van der Waals surface area contributed by atoms with Crippen LogP contribution in [0.4, 0.5) is 5.69 Å². The first-order valence-electron chi connectivity index (χ1n) is 15.3. The first-order chi connectivity index (χ1) is 21.3. The molecule has 0 amide bonds. The monoisotopic (exact) mass is 599 g/mol. The van der Waals surface area contributed by atoms with E-state index >= 15 is 0 Å². The maximum atomic E-state index is 6.62. The molecule has 0 aliphatic carbocycles. The molecule has 0 heterocycles. The zero-order chi connectivity index (χ0) is 31.2. The summed E-state index contributed by atoms with van der Waals surface area (Å²) in [6.45, 7) is 13.3. The minimum absolute atomic E-state index is 0.392. The third-order valence-corrected chi connectivity index (χ3v) is 10.8. The number of hydrogen-bond donors (Lipinski definition) is 0. The van der Waals surface area contributed by atoms with Crippen molar-refractivity contribution in [3.63, 3.8) is 0 Å². The summed E-state index contributed by atoms with van der Waals surface area (Å²) in [6.07, 6.45) is 2.09. The Morgan fingerprint density at radius 2 is 1.16 bits per heavy atom. The van der Waals surface area contributed by atoms with Crippen molar-refractivity contribution in [1.82, 2.24) is 0 Å². The van der Waals surface area contributed by atoms with Gasteiger partial charge in [-0.15, -0.1) is 0 Å². The molecular weight excluding hydrogens is 557 g/mol. The number of rotatable bonds is 10. The molecule has 0 radical (unpaired) electrons. The van der Waals surface area contributed by atoms with E-state index in [2.05, 4.69) is 127 Å². The summed E-state index contributed by atoms with van der Waals surface area (Å²) in [6, 6.07) is 37.8. The number of nitrogens with zero attached hydrogens (tertiary/aromatic N) is 1. The van der Waals surface area contributed by atoms with Gasteiger partial charge in [-0.2, -0.15) is 0 Å². The quantitative estimate of drug-likeness (QED) is 0.118. The van der Waals surface area contributed by atoms with Crippen molar-refractivity contribution in [2.45, 2.75) is 53.4 Å². The molecule has 0 N–H and O–H groups in total. The van der Waals surface area contributed by atoms with Crippen molar-refractivity contribution in [3.8, 4) is 17.2 Å². The zero-order valence-electron chi connectivity index (χ0n) is 26.8. The molecule has 3 nitrogen and oxygen atoms in total. The molecule has 0 saturated carbocycles. The van der Waals surface area contributed by atoms with E-state index in [1.807, 2.05) is 30.3 Å². The van der Waals surface area contributed by atoms with E-state index in [-0.39, 0.29) is 0 Å². The van der Waals surface area contributed by atoms with Gasteiger partial charge in [0, 0.05) is 22.1 Å². The number of para-hydroxylation sites is 2. The molecule has 0 fully saturated rings. The first kappa shape index (κ1) is 31.2. The molecule has 0 aliphatic rings. The number of aryl methyl sites for hydroxylation is 2. The van der Waals surface area contributed by atoms with Gasteiger partial charge in [0.25, 0.3) is 0 Å². The van der Waals surface area contributed by atoms with E-state index in [1.54, 1.807) is 7.11 Å². The van der Waals surface area contributed by atoms with Crippen LogP contribution in [0, 0.1) is 13.8 Å². The second-order valence-corrected chi connectivity index (χ2v) is 13.8. The Bertz CT molecular complexity index is 1730. The van der Waals surface area contributed by atoms with Gasteiger partial charge >= 0.3 is 0 Å². The van der Waals surface area contributed by atoms with Crippen LogP contribution < -0.4 is 25.4 Å². The van der Waals surface area contributed by atoms with Crippen LogP contribution in [0.3, 0.4) is 0 Å². The summed E-state index contributed by atoms with van der Waals surface area (Å²) in [5.74, 6) is 3.31. The van der Waals surface area contributed by atoms with Crippen LogP contribution in [0.25, 0.3) is 0 Å². The predicted molar refractivity (Wildman–Crippen MR) is 190 cm³/mol. The van der Waals surface area contributed by atoms with Crippen molar-refractivity contribution in [3.05, 3.63) is 137 Å². The smallest absolute Gasteiger partial charge is 0.136 e. The molecule has 5 aromatic rings. The number of methoxy groups -OCH3 is 1. The molecule has 0 saturated heterocycles. The fourth-order valence-electron chi connectivity index (χ4n) is 5.71. The van der Waals surface area contributed by atoms with Crippen molar-refractivity contribution in [1.29, 1.82) is 0 Å². The van der Waals surface area contributed by atoms with Crippen molar-refractivity contribution >= 4 is 35.7 Å². The molecule has 5 aromatic carbocycles. The lowest BCUT2D eigenvalue weighted by molar-refractivity contribution is 0.418. The minimum atomic E-state index is -1.14. The van der Waals surface area contributed by atoms with Gasteiger partial charge in [-0.3, -0.25) is 4.99 Å². The van der Waals surface area contributed by atoms with Gasteiger partial charge in [0.1, 0.15) is 17.2 Å². The molecular formula is C40H42NO2P. The average molecular weight is 600 g/mol. The summed E-state index contributed by atoms with van der Waals surface area (Å²) in [5, 5.41) is 3.49. The van der Waals surface area contributed by atoms with Crippen molar-refractivity contribution in [2.75, 3.05) is 7.11 Å². The van der Waals surface area contributed by atoms with Gasteiger partial charge in [-0.25, -0.2) is 0 Å². The van der Waals surface area contributed by atoms with Crippen LogP contribution in [-0.4, -0.2) is 13.3 Å². The summed E-state index contributed by atoms with van der Waals surface area (Å²) >= 11 is 0. The van der Waals surface area contributed by atoms with E-state index < -0.39 is 7.92 Å². The molecule has 0 spiro atoms. The van der Waals surface area contributed by atoms with Gasteiger partial charge in [0.05, 0.1) is 12.8 Å². The van der Waals surface area contributed by atoms with Gasteiger partial charge in [0.15, 0.2) is 0 Å². The average Bonchev–Trinajstić information content (AvgIpc) is 3.02. The summed E-state index contributed by atoms with van der Waals surface area (Å²) in [4.78, 5) is 5.27. The molecule has 1 atom stereocenters. The minimum Gasteiger partial charge on any atom is -0.496 e. The van der Waals surface area contributed by atoms with E-state index in [9.17, 15) is 0 Å². The molecule has 224 valence electrons. The molecule has 4 heteroatoms. The summed E-state index contributed by atoms with van der Waals surface area (Å²) in [5.41, 5.74) is 7.15. The Balaban J connectivity index is 1.76. The lowest BCUT2D eigenvalue weighted by atomic mass is 9.89. The maximum Gasteiger partial charge on any atom is 0.136 e. The normalized spacial score (nSPS) is 12.2. The molecule has 0 bridgehead atoms. The fraction of sp³-hybridized carbons (Fsp3) is 0.225. The summed E-state index contributed by atoms with van der Waals surface area (Å²) in [7, 11) is 0.619. The Morgan fingerprint density at radius 1 is 0.614 bits per heavy atom. The number of benzene rings is 5. The standard InChI is InChI=1S/C40H42NO2P/c1-27(2)32-20-15-21-33(28(3)4)34(32)26-41-35-22-11-12-25-38(35)44(39-29(5)16-13-23-36(39)42-7)40-30(6)17-14-24-37(40)43-31-18-9-8-10-19-31/h8-28H,1-7H3. The van der Waals surface area contributed by atoms with Crippen molar-refractivity contribution < 1.29 is 9.47 Å². The first-order valence-corrected chi connectivity index (χ1v) is 16.7. The van der Waals surface area contributed by atoms with Gasteiger partial charge in [0.2, 0.25) is 0 Å². The maximum absolute atomic E-state index is 6.62. The zero-order valence-corrected chi connectivity index (χ0v) is 27.7. The van der Waals surface area contributed by atoms with E-state index in [4.69, 9.17) is 14.5 Å². The number of aliphatic imine (C=N–C) groups is 1. The van der Waals surface area contributed by atoms with Crippen LogP contribution in [0.5, 0.6) is 17.2 Å². The van der Waals surface area contributed by atoms with Crippen LogP contribution >= 0.6 is 7.92 Å². The van der Waals surface area contributed by atoms with E-state index in [1.165, 1.54) is 33.1 Å². The van der Waals surface area contributed by atoms with Crippen LogP contribution in [0.2, 0.25) is 0 Å². The van der Waals surface area contributed by atoms with E-state index in [0.29, 0.717) is 11.8 Å². The molecule has 0 aromatic heterocycles. The Morgan fingerprint density at radius 3 is 1.77 bits per heavy atom. The van der Waals surface area contributed by atoms with Gasteiger partial charge in [-0.1, -0.05) is 107 Å². The molecule has 44 heavy (non-hydrogen) atoms. The summed E-state index contributed by atoms with van der Waals surface area (Å²) < 4.78 is 12.7. The highest BCUT2D eigenvalue weighted by Crippen LogP contribution is 2.45. The highest BCUT2D eigenvalue weighted by atomic mass is 31.1. The van der Waals surface area contributed by atoms with Gasteiger partial charge < -0.3 is 9.47 Å². The van der Waals surface area contributed by atoms with Crippen LogP contribution in [0.15, 0.2) is 114 Å². The molecule has 5 rings (SSSR count). The Labute approximate surface area is 264 Å². The number of hydrogen-bond acceptors (Lipinski definition) is 3. The molecule has 1 unspecified atom stereocenters. The highest BCUT2D eigenvalue weighted by Gasteiger charge is 2.29. The second-order valence-electron chi connectivity index (χ2n) is 11.7. The predicted octanol–water partition coefficient (Wildman–Crippen LogP) is 9.86. The third kappa shape index (κ3) is 6.64. The van der Waals surface area contributed by atoms with Crippen LogP contribution in [0.1, 0.15) is 67.3 Å². The van der Waals surface area contributed by atoms with Crippen molar-refractivity contribution in [2.24, 2.45) is 4.99 Å². The third-order valence-electron chi connectivity index (χ3n) is 7.91. The largest absolute Gasteiger partial charge is 0.496 e.